The summed E-state index contributed by atoms with van der Waals surface area (Å²) >= 11 is 1.61. The molecule has 53 valence electrons. The van der Waals surface area contributed by atoms with Crippen LogP contribution in [0.1, 0.15) is 20.8 Å². The summed E-state index contributed by atoms with van der Waals surface area (Å²) in [6.45, 7) is 6.89. The molecule has 0 aromatic heterocycles. The van der Waals surface area contributed by atoms with Crippen LogP contribution in [0, 0.1) is 5.92 Å². The maximum absolute atomic E-state index is 2.33. The second kappa shape index (κ2) is 2.91. The molecule has 0 aromatic carbocycles. The van der Waals surface area contributed by atoms with E-state index in [0.717, 1.165) is 5.92 Å². The van der Waals surface area contributed by atoms with Crippen LogP contribution in [0.2, 0.25) is 0 Å². The topological polar surface area (TPSA) is 0 Å². The third-order valence-corrected chi connectivity index (χ3v) is 6.17. The summed E-state index contributed by atoms with van der Waals surface area (Å²) in [5, 5.41) is 1.67. The Morgan fingerprint density at radius 1 is 1.40 bits per heavy atom. The first-order valence-corrected chi connectivity index (χ1v) is 5.88. The van der Waals surface area contributed by atoms with E-state index in [0.29, 0.717) is 0 Å². The summed E-state index contributed by atoms with van der Waals surface area (Å²) in [7, 11) is 1.23. The van der Waals surface area contributed by atoms with Gasteiger partial charge in [0.1, 0.15) is 0 Å². The van der Waals surface area contributed by atoms with E-state index in [-0.39, 0.29) is 0 Å². The van der Waals surface area contributed by atoms with Crippen molar-refractivity contribution < 1.29 is 24.7 Å². The van der Waals surface area contributed by atoms with Gasteiger partial charge in [-0.3, -0.25) is 0 Å². The van der Waals surface area contributed by atoms with Gasteiger partial charge < -0.3 is 0 Å². The van der Waals surface area contributed by atoms with Crippen LogP contribution < -0.4 is 0 Å². The molecule has 10 heavy (non-hydrogen) atoms. The Kier molecular flexibility index (Phi) is 2.52. The second-order valence-corrected chi connectivity index (χ2v) is 5.39. The predicted octanol–water partition coefficient (Wildman–Crippen LogP) is 1.10. The Bertz CT molecular complexity index is 201. The second-order valence-electron chi connectivity index (χ2n) is 3.07. The van der Waals surface area contributed by atoms with Gasteiger partial charge in [-0.15, -0.1) is 0 Å². The zero-order valence-corrected chi connectivity index (χ0v) is 11.5. The number of hydrogen-bond acceptors (Lipinski definition) is 0. The molecule has 0 nitrogen and oxygen atoms in total. The summed E-state index contributed by atoms with van der Waals surface area (Å²) in [6.07, 6.45) is 0. The molecular formula is C8H13SiZr. The van der Waals surface area contributed by atoms with Gasteiger partial charge in [-0.2, -0.15) is 0 Å². The van der Waals surface area contributed by atoms with E-state index in [9.17, 15) is 0 Å². The maximum atomic E-state index is 2.33. The van der Waals surface area contributed by atoms with Crippen molar-refractivity contribution in [2.24, 2.45) is 5.92 Å². The van der Waals surface area contributed by atoms with Gasteiger partial charge in [-0.1, -0.05) is 0 Å². The molecule has 0 spiro atoms. The van der Waals surface area contributed by atoms with Crippen LogP contribution in [0.15, 0.2) is 19.6 Å². The molecule has 0 aliphatic heterocycles. The van der Waals surface area contributed by atoms with Crippen LogP contribution in [0.25, 0.3) is 0 Å². The van der Waals surface area contributed by atoms with Gasteiger partial charge in [0, 0.05) is 0 Å². The fourth-order valence-electron chi connectivity index (χ4n) is 1.36. The van der Waals surface area contributed by atoms with Gasteiger partial charge in [0.15, 0.2) is 0 Å². The number of allylic oxidation sites excluding steroid dienone is 4. The van der Waals surface area contributed by atoms with E-state index in [1.54, 1.807) is 44.3 Å². The summed E-state index contributed by atoms with van der Waals surface area (Å²) in [5.74, 6) is 0.769. The normalized spacial score (nSPS) is 26.8. The van der Waals surface area contributed by atoms with Gasteiger partial charge in [-0.05, 0) is 0 Å². The molecule has 1 rings (SSSR count). The Morgan fingerprint density at radius 3 is 2.00 bits per heavy atom. The van der Waals surface area contributed by atoms with Crippen LogP contribution in [0.5, 0.6) is 0 Å². The van der Waals surface area contributed by atoms with Crippen molar-refractivity contribution in [3.05, 3.63) is 19.6 Å². The van der Waals surface area contributed by atoms with E-state index in [1.165, 1.54) is 10.2 Å². The van der Waals surface area contributed by atoms with E-state index in [1.807, 2.05) is 0 Å². The standard InChI is InChI=1S/C8H13Si.Zr/c1-5-4-6(2)8(9)7(5)3;/h5H,1-3,9H3;. The molecule has 0 fully saturated rings. The average molecular weight is 229 g/mol. The summed E-state index contributed by atoms with van der Waals surface area (Å²) in [5.41, 5.74) is 3.24. The first-order valence-electron chi connectivity index (χ1n) is 3.65. The molecule has 0 saturated heterocycles. The molecule has 0 heterocycles. The van der Waals surface area contributed by atoms with E-state index >= 15 is 0 Å². The zero-order valence-electron chi connectivity index (χ0n) is 7.08. The summed E-state index contributed by atoms with van der Waals surface area (Å²) in [4.78, 5) is 0. The van der Waals surface area contributed by atoms with Gasteiger partial charge in [0.25, 0.3) is 0 Å². The van der Waals surface area contributed by atoms with Crippen molar-refractivity contribution in [3.8, 4) is 0 Å². The van der Waals surface area contributed by atoms with E-state index in [2.05, 4.69) is 20.8 Å². The molecule has 0 aromatic rings. The number of rotatable bonds is 0. The summed E-state index contributed by atoms with van der Waals surface area (Å²) < 4.78 is 1.68. The van der Waals surface area contributed by atoms with Crippen LogP contribution in [0.4, 0.5) is 0 Å². The first kappa shape index (κ1) is 8.67. The van der Waals surface area contributed by atoms with E-state index < -0.39 is 0 Å². The average Bonchev–Trinajstić information content (AvgIpc) is 2.07. The molecular weight excluding hydrogens is 215 g/mol. The Morgan fingerprint density at radius 2 is 1.90 bits per heavy atom. The van der Waals surface area contributed by atoms with Crippen molar-refractivity contribution in [3.63, 3.8) is 0 Å². The quantitative estimate of drug-likeness (QED) is 0.545. The Balaban J connectivity index is 3.09. The molecule has 0 bridgehead atoms. The van der Waals surface area contributed by atoms with Crippen molar-refractivity contribution in [2.75, 3.05) is 0 Å². The monoisotopic (exact) mass is 227 g/mol. The van der Waals surface area contributed by atoms with Gasteiger partial charge in [0.05, 0.1) is 0 Å². The summed E-state index contributed by atoms with van der Waals surface area (Å²) in [6, 6.07) is 0. The minimum atomic E-state index is 0.769. The fourth-order valence-corrected chi connectivity index (χ4v) is 3.67. The van der Waals surface area contributed by atoms with Crippen molar-refractivity contribution in [2.45, 2.75) is 20.8 Å². The predicted molar refractivity (Wildman–Crippen MR) is 44.5 cm³/mol. The molecule has 1 atom stereocenters. The van der Waals surface area contributed by atoms with Gasteiger partial charge in [-0.25, -0.2) is 0 Å². The van der Waals surface area contributed by atoms with E-state index in [4.69, 9.17) is 0 Å². The van der Waals surface area contributed by atoms with Gasteiger partial charge >= 0.3 is 81.3 Å². The SMILES string of the molecule is CC1=[C]([Zr])C(C)C(C)=C1[SiH3]. The van der Waals surface area contributed by atoms with Crippen LogP contribution in [-0.4, -0.2) is 10.2 Å². The zero-order chi connectivity index (χ0) is 7.89. The molecule has 0 saturated carbocycles. The van der Waals surface area contributed by atoms with Crippen molar-refractivity contribution in [1.82, 2.24) is 0 Å². The van der Waals surface area contributed by atoms with Crippen LogP contribution >= 0.6 is 0 Å². The molecule has 1 aliphatic carbocycles. The van der Waals surface area contributed by atoms with Crippen LogP contribution in [0.3, 0.4) is 0 Å². The van der Waals surface area contributed by atoms with Gasteiger partial charge in [0.2, 0.25) is 0 Å². The van der Waals surface area contributed by atoms with Crippen molar-refractivity contribution in [1.29, 1.82) is 0 Å². The number of hydrogen-bond donors (Lipinski definition) is 0. The third-order valence-electron chi connectivity index (χ3n) is 2.64. The third kappa shape index (κ3) is 1.16. The Labute approximate surface area is 81.0 Å². The molecule has 1 aliphatic rings. The molecule has 0 N–H and O–H groups in total. The van der Waals surface area contributed by atoms with Crippen LogP contribution in [-0.2, 0) is 24.7 Å². The Hall–Kier alpha value is 0.580. The molecule has 2 heteroatoms. The molecule has 1 unspecified atom stereocenters. The molecule has 0 amide bonds. The minimum absolute atomic E-state index is 0.769. The van der Waals surface area contributed by atoms with Crippen molar-refractivity contribution >= 4 is 10.2 Å². The fraction of sp³-hybridized carbons (Fsp3) is 0.500. The molecule has 0 radical (unpaired) electrons. The first-order chi connectivity index (χ1) is 4.55.